The van der Waals surface area contributed by atoms with Gasteiger partial charge in [-0.05, 0) is 66.8 Å². The molecular weight excluding hydrogens is 533 g/mol. The molecule has 1 saturated heterocycles. The molecule has 1 saturated carbocycles. The topological polar surface area (TPSA) is 67.9 Å². The Morgan fingerprint density at radius 1 is 0.878 bits per heavy atom. The maximum Gasteiger partial charge on any atom is 0.573 e. The van der Waals surface area contributed by atoms with E-state index in [9.17, 15) is 22.8 Å². The Hall–Kier alpha value is -4.01. The second kappa shape index (κ2) is 12.2. The van der Waals surface area contributed by atoms with Crippen molar-refractivity contribution >= 4 is 17.5 Å². The van der Waals surface area contributed by atoms with Crippen LogP contribution in [-0.2, 0) is 4.79 Å². The van der Waals surface area contributed by atoms with E-state index < -0.39 is 6.36 Å². The first kappa shape index (κ1) is 28.5. The monoisotopic (exact) mass is 566 g/mol. The molecule has 0 unspecified atom stereocenters. The van der Waals surface area contributed by atoms with Crippen molar-refractivity contribution in [3.63, 3.8) is 0 Å². The molecule has 2 amide bonds. The van der Waals surface area contributed by atoms with Crippen molar-refractivity contribution in [2.75, 3.05) is 18.4 Å². The standard InChI is InChI=1S/C32H33F3N2O4/c1-21-6-4-11-28(29(21)22-12-14-26(15-13-22)41-32(33,34)35)30(38)36-24-9-5-10-27(20-24)40-25-16-18-37(19-17-25)31(39)23-7-2-3-8-23/h4-6,9-15,20,23,25H,2-3,7-8,16-19H2,1H3,(H,36,38). The van der Waals surface area contributed by atoms with Gasteiger partial charge in [-0.25, -0.2) is 0 Å². The molecule has 0 spiro atoms. The molecular formula is C32H33F3N2O4. The number of piperidine rings is 1. The Bertz CT molecular complexity index is 1380. The summed E-state index contributed by atoms with van der Waals surface area (Å²) in [6.45, 7) is 3.22. The van der Waals surface area contributed by atoms with Gasteiger partial charge in [-0.2, -0.15) is 0 Å². The molecule has 1 N–H and O–H groups in total. The first-order chi connectivity index (χ1) is 19.7. The minimum Gasteiger partial charge on any atom is -0.490 e. The summed E-state index contributed by atoms with van der Waals surface area (Å²) in [6.07, 6.45) is 1.01. The summed E-state index contributed by atoms with van der Waals surface area (Å²) in [4.78, 5) is 28.1. The molecule has 2 aliphatic rings. The molecule has 0 aromatic heterocycles. The van der Waals surface area contributed by atoms with Crippen molar-refractivity contribution in [3.05, 3.63) is 77.9 Å². The number of amides is 2. The third kappa shape index (κ3) is 7.20. The zero-order valence-electron chi connectivity index (χ0n) is 22.9. The Balaban J connectivity index is 1.23. The molecule has 6 nitrogen and oxygen atoms in total. The van der Waals surface area contributed by atoms with Crippen LogP contribution in [0.5, 0.6) is 11.5 Å². The minimum atomic E-state index is -4.78. The lowest BCUT2D eigenvalue weighted by atomic mass is 9.94. The number of likely N-dealkylation sites (tertiary alicyclic amines) is 1. The van der Waals surface area contributed by atoms with Crippen molar-refractivity contribution in [2.45, 2.75) is 57.9 Å². The molecule has 3 aromatic carbocycles. The molecule has 1 aliphatic heterocycles. The number of ether oxygens (including phenoxy) is 2. The summed E-state index contributed by atoms with van der Waals surface area (Å²) in [7, 11) is 0. The lowest BCUT2D eigenvalue weighted by Gasteiger charge is -2.33. The fraction of sp³-hybridized carbons (Fsp3) is 0.375. The van der Waals surface area contributed by atoms with Gasteiger partial charge in [0.1, 0.15) is 17.6 Å². The molecule has 2 fully saturated rings. The van der Waals surface area contributed by atoms with E-state index in [1.807, 2.05) is 24.0 Å². The van der Waals surface area contributed by atoms with E-state index in [-0.39, 0.29) is 29.6 Å². The lowest BCUT2D eigenvalue weighted by molar-refractivity contribution is -0.274. The normalized spacial score (nSPS) is 16.4. The molecule has 0 radical (unpaired) electrons. The van der Waals surface area contributed by atoms with E-state index >= 15 is 0 Å². The number of nitrogens with zero attached hydrogens (tertiary/aromatic N) is 1. The number of anilines is 1. The average Bonchev–Trinajstić information content (AvgIpc) is 3.48. The van der Waals surface area contributed by atoms with Crippen LogP contribution in [0.3, 0.4) is 0 Å². The highest BCUT2D eigenvalue weighted by molar-refractivity contribution is 6.09. The van der Waals surface area contributed by atoms with Gasteiger partial charge in [0.2, 0.25) is 5.91 Å². The Labute approximate surface area is 237 Å². The minimum absolute atomic E-state index is 0.0127. The average molecular weight is 567 g/mol. The molecule has 0 atom stereocenters. The maximum atomic E-state index is 13.4. The van der Waals surface area contributed by atoms with Crippen molar-refractivity contribution < 1.29 is 32.2 Å². The summed E-state index contributed by atoms with van der Waals surface area (Å²) in [5.74, 6) is 0.420. The van der Waals surface area contributed by atoms with Gasteiger partial charge in [-0.15, -0.1) is 13.2 Å². The first-order valence-electron chi connectivity index (χ1n) is 14.0. The molecule has 0 bridgehead atoms. The molecule has 1 heterocycles. The number of rotatable bonds is 7. The SMILES string of the molecule is Cc1cccc(C(=O)Nc2cccc(OC3CCN(C(=O)C4CCCC4)CC3)c2)c1-c1ccc(OC(F)(F)F)cc1. The Morgan fingerprint density at radius 2 is 1.56 bits per heavy atom. The van der Waals surface area contributed by atoms with Gasteiger partial charge in [-0.3, -0.25) is 9.59 Å². The van der Waals surface area contributed by atoms with Gasteiger partial charge in [0.15, 0.2) is 0 Å². The number of hydrogen-bond acceptors (Lipinski definition) is 4. The summed E-state index contributed by atoms with van der Waals surface area (Å²) in [5, 5.41) is 2.92. The molecule has 1 aliphatic carbocycles. The van der Waals surface area contributed by atoms with E-state index in [4.69, 9.17) is 4.74 Å². The van der Waals surface area contributed by atoms with E-state index in [1.165, 1.54) is 24.3 Å². The molecule has 5 rings (SSSR count). The molecule has 41 heavy (non-hydrogen) atoms. The summed E-state index contributed by atoms with van der Waals surface area (Å²) in [6, 6.07) is 17.9. The van der Waals surface area contributed by atoms with Crippen LogP contribution in [-0.4, -0.2) is 42.3 Å². The lowest BCUT2D eigenvalue weighted by Crippen LogP contribution is -2.43. The van der Waals surface area contributed by atoms with Gasteiger partial charge >= 0.3 is 6.36 Å². The van der Waals surface area contributed by atoms with Crippen LogP contribution in [0.1, 0.15) is 54.4 Å². The van der Waals surface area contributed by atoms with Crippen molar-refractivity contribution in [1.29, 1.82) is 0 Å². The number of aryl methyl sites for hydroxylation is 1. The zero-order valence-corrected chi connectivity index (χ0v) is 22.9. The molecule has 216 valence electrons. The largest absolute Gasteiger partial charge is 0.573 e. The van der Waals surface area contributed by atoms with E-state index in [0.29, 0.717) is 41.2 Å². The number of carbonyl (C=O) groups is 2. The van der Waals surface area contributed by atoms with E-state index in [0.717, 1.165) is 44.1 Å². The zero-order chi connectivity index (χ0) is 29.0. The maximum absolute atomic E-state index is 13.4. The second-order valence-corrected chi connectivity index (χ2v) is 10.7. The fourth-order valence-electron chi connectivity index (χ4n) is 5.73. The van der Waals surface area contributed by atoms with Gasteiger partial charge in [0, 0.05) is 49.2 Å². The first-order valence-corrected chi connectivity index (χ1v) is 14.0. The van der Waals surface area contributed by atoms with Crippen LogP contribution >= 0.6 is 0 Å². The van der Waals surface area contributed by atoms with Gasteiger partial charge < -0.3 is 19.7 Å². The number of nitrogens with one attached hydrogen (secondary N) is 1. The molecule has 9 heteroatoms. The van der Waals surface area contributed by atoms with Gasteiger partial charge in [0.25, 0.3) is 5.91 Å². The highest BCUT2D eigenvalue weighted by Crippen LogP contribution is 2.32. The number of halogens is 3. The van der Waals surface area contributed by atoms with Crippen LogP contribution in [0.4, 0.5) is 18.9 Å². The van der Waals surface area contributed by atoms with Crippen molar-refractivity contribution in [3.8, 4) is 22.6 Å². The number of carbonyl (C=O) groups excluding carboxylic acids is 2. The van der Waals surface area contributed by atoms with Crippen LogP contribution < -0.4 is 14.8 Å². The van der Waals surface area contributed by atoms with Crippen molar-refractivity contribution in [1.82, 2.24) is 4.90 Å². The number of benzene rings is 3. The van der Waals surface area contributed by atoms with E-state index in [2.05, 4.69) is 10.1 Å². The van der Waals surface area contributed by atoms with Gasteiger partial charge in [0.05, 0.1) is 0 Å². The quantitative estimate of drug-likeness (QED) is 0.324. The van der Waals surface area contributed by atoms with Crippen LogP contribution in [0, 0.1) is 12.8 Å². The smallest absolute Gasteiger partial charge is 0.490 e. The van der Waals surface area contributed by atoms with Crippen molar-refractivity contribution in [2.24, 2.45) is 5.92 Å². The summed E-state index contributed by atoms with van der Waals surface area (Å²) >= 11 is 0. The fourth-order valence-corrected chi connectivity index (χ4v) is 5.73. The third-order valence-electron chi connectivity index (χ3n) is 7.75. The number of alkyl halides is 3. The number of hydrogen-bond donors (Lipinski definition) is 1. The highest BCUT2D eigenvalue weighted by Gasteiger charge is 2.32. The Kier molecular flexibility index (Phi) is 8.52. The summed E-state index contributed by atoms with van der Waals surface area (Å²) < 4.78 is 47.9. The summed E-state index contributed by atoms with van der Waals surface area (Å²) in [5.41, 5.74) is 2.97. The second-order valence-electron chi connectivity index (χ2n) is 10.7. The predicted octanol–water partition coefficient (Wildman–Crippen LogP) is 7.37. The van der Waals surface area contributed by atoms with Gasteiger partial charge in [-0.1, -0.05) is 43.2 Å². The predicted molar refractivity (Wildman–Crippen MR) is 150 cm³/mol. The highest BCUT2D eigenvalue weighted by atomic mass is 19.4. The van der Waals surface area contributed by atoms with Crippen LogP contribution in [0.25, 0.3) is 11.1 Å². The van der Waals surface area contributed by atoms with Crippen LogP contribution in [0.2, 0.25) is 0 Å². The third-order valence-corrected chi connectivity index (χ3v) is 7.75. The Morgan fingerprint density at radius 3 is 2.24 bits per heavy atom. The molecule has 3 aromatic rings. The van der Waals surface area contributed by atoms with E-state index in [1.54, 1.807) is 30.3 Å². The van der Waals surface area contributed by atoms with Crippen LogP contribution in [0.15, 0.2) is 66.7 Å².